The van der Waals surface area contributed by atoms with Gasteiger partial charge in [-0.05, 0) is 41.3 Å². The number of nitrogens with zero attached hydrogens (tertiary/aromatic N) is 3. The predicted octanol–water partition coefficient (Wildman–Crippen LogP) is 2.43. The van der Waals surface area contributed by atoms with E-state index < -0.39 is 14.9 Å². The highest BCUT2D eigenvalue weighted by atomic mass is 32.2. The van der Waals surface area contributed by atoms with Crippen molar-refractivity contribution in [2.24, 2.45) is 0 Å². The first-order valence-corrected chi connectivity index (χ1v) is 11.2. The van der Waals surface area contributed by atoms with E-state index in [1.54, 1.807) is 23.2 Å². The van der Waals surface area contributed by atoms with E-state index in [9.17, 15) is 23.3 Å². The summed E-state index contributed by atoms with van der Waals surface area (Å²) < 4.78 is 27.2. The largest absolute Gasteiger partial charge is 0.340 e. The molecule has 2 heterocycles. The van der Waals surface area contributed by atoms with Crippen LogP contribution in [0.4, 0.5) is 5.69 Å². The smallest absolute Gasteiger partial charge is 0.270 e. The Morgan fingerprint density at radius 2 is 1.93 bits per heavy atom. The van der Waals surface area contributed by atoms with Gasteiger partial charge in [0.15, 0.2) is 0 Å². The Hall–Kier alpha value is -2.30. The van der Waals surface area contributed by atoms with Crippen LogP contribution in [0.1, 0.15) is 17.5 Å². The van der Waals surface area contributed by atoms with Crippen LogP contribution >= 0.6 is 11.3 Å². The van der Waals surface area contributed by atoms with Crippen molar-refractivity contribution in [3.63, 3.8) is 0 Å². The minimum Gasteiger partial charge on any atom is -0.340 e. The number of thiophene rings is 1. The highest BCUT2D eigenvalue weighted by Crippen LogP contribution is 2.25. The fourth-order valence-electron chi connectivity index (χ4n) is 3.14. The molecule has 1 amide bonds. The quantitative estimate of drug-likeness (QED) is 0.525. The Morgan fingerprint density at radius 1 is 1.21 bits per heavy atom. The molecule has 0 atom stereocenters. The van der Waals surface area contributed by atoms with Gasteiger partial charge in [0, 0.05) is 44.7 Å². The summed E-state index contributed by atoms with van der Waals surface area (Å²) in [6, 6.07) is 5.82. The topological polar surface area (TPSA) is 101 Å². The van der Waals surface area contributed by atoms with E-state index in [-0.39, 0.29) is 29.6 Å². The molecule has 10 heteroatoms. The molecule has 1 aromatic heterocycles. The van der Waals surface area contributed by atoms with Crippen molar-refractivity contribution in [2.75, 3.05) is 26.2 Å². The van der Waals surface area contributed by atoms with Crippen LogP contribution in [0, 0.1) is 17.0 Å². The van der Waals surface area contributed by atoms with Crippen molar-refractivity contribution in [3.8, 4) is 0 Å². The number of hydrogen-bond acceptors (Lipinski definition) is 6. The number of carbonyl (C=O) groups excluding carboxylic acids is 1. The lowest BCUT2D eigenvalue weighted by atomic mass is 10.1. The molecule has 1 aliphatic heterocycles. The van der Waals surface area contributed by atoms with Gasteiger partial charge in [-0.1, -0.05) is 6.07 Å². The molecule has 2 aromatic rings. The molecular weight excluding hydrogens is 402 g/mol. The second-order valence-electron chi connectivity index (χ2n) is 6.62. The molecular formula is C18H21N3O5S2. The molecule has 28 heavy (non-hydrogen) atoms. The lowest BCUT2D eigenvalue weighted by Crippen LogP contribution is -2.50. The van der Waals surface area contributed by atoms with E-state index in [1.165, 1.54) is 16.4 Å². The maximum atomic E-state index is 12.9. The average Bonchev–Trinajstić information content (AvgIpc) is 3.20. The van der Waals surface area contributed by atoms with Gasteiger partial charge >= 0.3 is 0 Å². The molecule has 3 rings (SSSR count). The third kappa shape index (κ3) is 4.40. The number of amides is 1. The molecule has 0 radical (unpaired) electrons. The summed E-state index contributed by atoms with van der Waals surface area (Å²) in [5.74, 6) is 0.00905. The maximum absolute atomic E-state index is 12.9. The predicted molar refractivity (Wildman–Crippen MR) is 106 cm³/mol. The summed E-state index contributed by atoms with van der Waals surface area (Å²) in [4.78, 5) is 24.4. The van der Waals surface area contributed by atoms with Crippen LogP contribution < -0.4 is 0 Å². The van der Waals surface area contributed by atoms with E-state index in [2.05, 4.69) is 0 Å². The molecule has 1 saturated heterocycles. The molecule has 1 fully saturated rings. The first kappa shape index (κ1) is 20.4. The lowest BCUT2D eigenvalue weighted by Gasteiger charge is -2.34. The molecule has 150 valence electrons. The normalized spacial score (nSPS) is 15.5. The lowest BCUT2D eigenvalue weighted by molar-refractivity contribution is -0.385. The molecule has 0 aliphatic carbocycles. The number of non-ortho nitro benzene ring substituents is 1. The summed E-state index contributed by atoms with van der Waals surface area (Å²) in [5, 5.41) is 15.0. The van der Waals surface area contributed by atoms with Crippen LogP contribution in [0.2, 0.25) is 0 Å². The van der Waals surface area contributed by atoms with Crippen LogP contribution in [-0.2, 0) is 21.2 Å². The van der Waals surface area contributed by atoms with Gasteiger partial charge in [-0.3, -0.25) is 14.9 Å². The third-order valence-electron chi connectivity index (χ3n) is 4.80. The molecule has 1 aliphatic rings. The van der Waals surface area contributed by atoms with Gasteiger partial charge in [0.25, 0.3) is 5.69 Å². The minimum atomic E-state index is -3.85. The first-order chi connectivity index (χ1) is 13.3. The average molecular weight is 424 g/mol. The number of carbonyl (C=O) groups is 1. The molecule has 0 unspecified atom stereocenters. The summed E-state index contributed by atoms with van der Waals surface area (Å²) in [7, 11) is -3.85. The molecule has 8 nitrogen and oxygen atoms in total. The number of piperazine rings is 1. The SMILES string of the molecule is Cc1ccc([N+](=O)[O-])cc1S(=O)(=O)N1CCN(C(=O)CCc2ccsc2)CC1. The Kier molecular flexibility index (Phi) is 6.11. The van der Waals surface area contributed by atoms with Crippen molar-refractivity contribution in [3.05, 3.63) is 56.3 Å². The number of aryl methyl sites for hydroxylation is 2. The van der Waals surface area contributed by atoms with Crippen molar-refractivity contribution >= 4 is 33.0 Å². The highest BCUT2D eigenvalue weighted by molar-refractivity contribution is 7.89. The van der Waals surface area contributed by atoms with Gasteiger partial charge in [-0.2, -0.15) is 15.6 Å². The first-order valence-electron chi connectivity index (χ1n) is 8.83. The second-order valence-corrected chi connectivity index (χ2v) is 9.31. The van der Waals surface area contributed by atoms with Crippen molar-refractivity contribution in [2.45, 2.75) is 24.7 Å². The minimum absolute atomic E-state index is 0.00905. The van der Waals surface area contributed by atoms with E-state index in [4.69, 9.17) is 0 Å². The van der Waals surface area contributed by atoms with Crippen LogP contribution in [0.15, 0.2) is 39.9 Å². The Balaban J connectivity index is 1.64. The van der Waals surface area contributed by atoms with E-state index >= 15 is 0 Å². The molecule has 1 aromatic carbocycles. The van der Waals surface area contributed by atoms with E-state index in [1.807, 2.05) is 16.8 Å². The monoisotopic (exact) mass is 423 g/mol. The van der Waals surface area contributed by atoms with Gasteiger partial charge in [-0.15, -0.1) is 0 Å². The van der Waals surface area contributed by atoms with Crippen LogP contribution in [0.25, 0.3) is 0 Å². The van der Waals surface area contributed by atoms with Gasteiger partial charge in [-0.25, -0.2) is 8.42 Å². The fraction of sp³-hybridized carbons (Fsp3) is 0.389. The van der Waals surface area contributed by atoms with Crippen molar-refractivity contribution in [1.82, 2.24) is 9.21 Å². The Labute approximate surface area is 167 Å². The fourth-order valence-corrected chi connectivity index (χ4v) is 5.51. The van der Waals surface area contributed by atoms with Crippen molar-refractivity contribution in [1.29, 1.82) is 0 Å². The van der Waals surface area contributed by atoms with Gasteiger partial charge in [0.05, 0.1) is 9.82 Å². The summed E-state index contributed by atoms with van der Waals surface area (Å²) in [5.41, 5.74) is 1.33. The van der Waals surface area contributed by atoms with Crippen LogP contribution in [0.5, 0.6) is 0 Å². The molecule has 0 bridgehead atoms. The van der Waals surface area contributed by atoms with E-state index in [0.29, 0.717) is 31.5 Å². The zero-order chi connectivity index (χ0) is 20.3. The standard InChI is InChI=1S/C18H21N3O5S2/c1-14-2-4-16(21(23)24)12-17(14)28(25,26)20-9-7-19(8-10-20)18(22)5-3-15-6-11-27-13-15/h2,4,6,11-13H,3,5,7-10H2,1H3. The van der Waals surface area contributed by atoms with E-state index in [0.717, 1.165) is 11.6 Å². The summed E-state index contributed by atoms with van der Waals surface area (Å²) >= 11 is 1.59. The summed E-state index contributed by atoms with van der Waals surface area (Å²) in [6.07, 6.45) is 1.07. The second kappa shape index (κ2) is 8.38. The molecule has 0 N–H and O–H groups in total. The highest BCUT2D eigenvalue weighted by Gasteiger charge is 2.32. The van der Waals surface area contributed by atoms with Gasteiger partial charge in [0.1, 0.15) is 0 Å². The van der Waals surface area contributed by atoms with Crippen LogP contribution in [0.3, 0.4) is 0 Å². The summed E-state index contributed by atoms with van der Waals surface area (Å²) in [6.45, 7) is 2.59. The zero-order valence-corrected chi connectivity index (χ0v) is 17.0. The number of benzene rings is 1. The zero-order valence-electron chi connectivity index (χ0n) is 15.4. The van der Waals surface area contributed by atoms with Crippen molar-refractivity contribution < 1.29 is 18.1 Å². The number of sulfonamides is 1. The Bertz CT molecular complexity index is 965. The third-order valence-corrected chi connectivity index (χ3v) is 7.57. The number of nitro benzene ring substituents is 1. The van der Waals surface area contributed by atoms with Gasteiger partial charge in [0.2, 0.25) is 15.9 Å². The molecule has 0 saturated carbocycles. The molecule has 0 spiro atoms. The maximum Gasteiger partial charge on any atom is 0.270 e. The Morgan fingerprint density at radius 3 is 2.54 bits per heavy atom. The number of hydrogen-bond donors (Lipinski definition) is 0. The number of rotatable bonds is 6. The number of nitro groups is 1. The van der Waals surface area contributed by atoms with Gasteiger partial charge < -0.3 is 4.90 Å². The van der Waals surface area contributed by atoms with Crippen LogP contribution in [-0.4, -0.2) is 54.6 Å².